The lowest BCUT2D eigenvalue weighted by atomic mass is 9.95. The lowest BCUT2D eigenvalue weighted by Gasteiger charge is -2.33. The molecule has 20 heavy (non-hydrogen) atoms. The molecule has 0 unspecified atom stereocenters. The Balaban J connectivity index is 1.91. The van der Waals surface area contributed by atoms with E-state index in [2.05, 4.69) is 5.32 Å². The maximum atomic E-state index is 12.4. The monoisotopic (exact) mass is 300 g/mol. The molecule has 0 bridgehead atoms. The number of rotatable bonds is 3. The van der Waals surface area contributed by atoms with Crippen molar-refractivity contribution in [3.8, 4) is 0 Å². The Bertz CT molecular complexity index is 341. The van der Waals surface area contributed by atoms with Crippen LogP contribution in [0.25, 0.3) is 0 Å². The second-order valence-corrected chi connectivity index (χ2v) is 7.89. The van der Waals surface area contributed by atoms with Crippen LogP contribution in [0, 0.1) is 0 Å². The molecule has 2 aliphatic rings. The van der Waals surface area contributed by atoms with Crippen LogP contribution in [0.4, 0.5) is 4.79 Å². The molecule has 0 aromatic rings. The largest absolute Gasteiger partial charge is 0.334 e. The van der Waals surface area contributed by atoms with Crippen molar-refractivity contribution in [3.05, 3.63) is 0 Å². The summed E-state index contributed by atoms with van der Waals surface area (Å²) in [6.45, 7) is 3.72. The van der Waals surface area contributed by atoms with Gasteiger partial charge in [-0.1, -0.05) is 32.6 Å². The van der Waals surface area contributed by atoms with Crippen LogP contribution in [-0.2, 0) is 10.8 Å². The van der Waals surface area contributed by atoms with E-state index in [0.717, 1.165) is 51.6 Å². The lowest BCUT2D eigenvalue weighted by Crippen LogP contribution is -2.51. The number of hydrogen-bond donors (Lipinski definition) is 1. The van der Waals surface area contributed by atoms with Crippen LogP contribution in [0.15, 0.2) is 0 Å². The van der Waals surface area contributed by atoms with E-state index >= 15 is 0 Å². The molecule has 4 nitrogen and oxygen atoms in total. The number of carbonyl (C=O) groups is 1. The van der Waals surface area contributed by atoms with Crippen LogP contribution >= 0.6 is 0 Å². The van der Waals surface area contributed by atoms with Gasteiger partial charge in [-0.2, -0.15) is 0 Å². The predicted molar refractivity (Wildman–Crippen MR) is 83.3 cm³/mol. The SMILES string of the molecule is CC[S@@](=O)[C@@H]1CCCC[C@@H]1NC(=O)N1CCCCCC1. The lowest BCUT2D eigenvalue weighted by molar-refractivity contribution is 0.192. The van der Waals surface area contributed by atoms with Crippen LogP contribution in [0.5, 0.6) is 0 Å². The third-order valence-electron chi connectivity index (χ3n) is 4.53. The summed E-state index contributed by atoms with van der Waals surface area (Å²) < 4.78 is 12.1. The Morgan fingerprint density at radius 1 is 1.10 bits per heavy atom. The third-order valence-corrected chi connectivity index (χ3v) is 6.34. The molecule has 3 atom stereocenters. The van der Waals surface area contributed by atoms with Gasteiger partial charge in [-0.3, -0.25) is 4.21 Å². The zero-order valence-electron chi connectivity index (χ0n) is 12.6. The van der Waals surface area contributed by atoms with Crippen molar-refractivity contribution in [1.29, 1.82) is 0 Å². The molecule has 1 saturated carbocycles. The summed E-state index contributed by atoms with van der Waals surface area (Å²) in [5, 5.41) is 3.33. The van der Waals surface area contributed by atoms with Crippen LogP contribution in [0.3, 0.4) is 0 Å². The number of urea groups is 1. The Hall–Kier alpha value is -0.580. The van der Waals surface area contributed by atoms with Crippen molar-refractivity contribution in [3.63, 3.8) is 0 Å². The highest BCUT2D eigenvalue weighted by Gasteiger charge is 2.31. The van der Waals surface area contributed by atoms with Crippen molar-refractivity contribution >= 4 is 16.8 Å². The van der Waals surface area contributed by atoms with E-state index in [4.69, 9.17) is 0 Å². The van der Waals surface area contributed by atoms with Gasteiger partial charge >= 0.3 is 6.03 Å². The number of hydrogen-bond acceptors (Lipinski definition) is 2. The summed E-state index contributed by atoms with van der Waals surface area (Å²) in [5.74, 6) is 0.695. The molecule has 0 radical (unpaired) electrons. The zero-order valence-corrected chi connectivity index (χ0v) is 13.4. The van der Waals surface area contributed by atoms with Crippen LogP contribution in [0.2, 0.25) is 0 Å². The number of carbonyl (C=O) groups excluding carboxylic acids is 1. The summed E-state index contributed by atoms with van der Waals surface area (Å²) in [4.78, 5) is 14.3. The molecule has 0 spiro atoms. The first-order chi connectivity index (χ1) is 9.72. The smallest absolute Gasteiger partial charge is 0.317 e. The molecule has 5 heteroatoms. The van der Waals surface area contributed by atoms with Crippen LogP contribution < -0.4 is 5.32 Å². The van der Waals surface area contributed by atoms with Gasteiger partial charge in [-0.05, 0) is 25.7 Å². The highest BCUT2D eigenvalue weighted by Crippen LogP contribution is 2.23. The molecule has 2 fully saturated rings. The summed E-state index contributed by atoms with van der Waals surface area (Å²) in [5.41, 5.74) is 0. The molecule has 1 N–H and O–H groups in total. The fourth-order valence-electron chi connectivity index (χ4n) is 3.31. The molecule has 2 rings (SSSR count). The van der Waals surface area contributed by atoms with Gasteiger partial charge in [0.25, 0.3) is 0 Å². The highest BCUT2D eigenvalue weighted by atomic mass is 32.2. The molecule has 1 aliphatic heterocycles. The van der Waals surface area contributed by atoms with Crippen LogP contribution in [0.1, 0.15) is 58.3 Å². The third kappa shape index (κ3) is 4.21. The molecule has 0 aromatic heterocycles. The zero-order chi connectivity index (χ0) is 14.4. The van der Waals surface area contributed by atoms with Crippen molar-refractivity contribution in [2.24, 2.45) is 0 Å². The molecule has 1 saturated heterocycles. The summed E-state index contributed by atoms with van der Waals surface area (Å²) in [6.07, 6.45) is 8.95. The van der Waals surface area contributed by atoms with Gasteiger partial charge in [0.1, 0.15) is 0 Å². The quantitative estimate of drug-likeness (QED) is 0.871. The van der Waals surface area contributed by atoms with E-state index < -0.39 is 10.8 Å². The minimum atomic E-state index is -0.802. The Labute approximate surface area is 125 Å². The summed E-state index contributed by atoms with van der Waals surface area (Å²) in [6, 6.07) is 0.178. The molecular weight excluding hydrogens is 272 g/mol. The Morgan fingerprint density at radius 2 is 1.75 bits per heavy atom. The number of nitrogens with one attached hydrogen (secondary N) is 1. The fourth-order valence-corrected chi connectivity index (χ4v) is 4.74. The van der Waals surface area contributed by atoms with E-state index in [0.29, 0.717) is 5.75 Å². The van der Waals surface area contributed by atoms with Crippen molar-refractivity contribution < 1.29 is 9.00 Å². The molecular formula is C15H28N2O2S. The summed E-state index contributed by atoms with van der Waals surface area (Å²) in [7, 11) is -0.802. The van der Waals surface area contributed by atoms with Gasteiger partial charge in [0.2, 0.25) is 0 Å². The highest BCUT2D eigenvalue weighted by molar-refractivity contribution is 7.85. The fraction of sp³-hybridized carbons (Fsp3) is 0.933. The Kier molecular flexibility index (Phi) is 6.33. The second kappa shape index (κ2) is 8.01. The molecule has 1 heterocycles. The summed E-state index contributed by atoms with van der Waals surface area (Å²) >= 11 is 0. The van der Waals surface area contributed by atoms with E-state index in [9.17, 15) is 9.00 Å². The van der Waals surface area contributed by atoms with Crippen LogP contribution in [-0.4, -0.2) is 45.3 Å². The topological polar surface area (TPSA) is 49.4 Å². The minimum absolute atomic E-state index is 0.0666. The number of nitrogens with zero attached hydrogens (tertiary/aromatic N) is 1. The van der Waals surface area contributed by atoms with Gasteiger partial charge in [0.15, 0.2) is 0 Å². The maximum absolute atomic E-state index is 12.4. The standard InChI is InChI=1S/C15H28N2O2S/c1-2-20(19)14-10-6-5-9-13(14)16-15(18)17-11-7-3-4-8-12-17/h13-14H,2-12H2,1H3,(H,16,18)/t13-,14+,20+/m0/s1. The first-order valence-electron chi connectivity index (χ1n) is 8.15. The van der Waals surface area contributed by atoms with Crippen molar-refractivity contribution in [2.45, 2.75) is 69.6 Å². The van der Waals surface area contributed by atoms with Crippen molar-refractivity contribution in [2.75, 3.05) is 18.8 Å². The van der Waals surface area contributed by atoms with Crippen molar-refractivity contribution in [1.82, 2.24) is 10.2 Å². The maximum Gasteiger partial charge on any atom is 0.317 e. The van der Waals surface area contributed by atoms with Gasteiger partial charge < -0.3 is 10.2 Å². The van der Waals surface area contributed by atoms with Gasteiger partial charge in [-0.25, -0.2) is 4.79 Å². The first-order valence-corrected chi connectivity index (χ1v) is 9.53. The molecule has 2 amide bonds. The van der Waals surface area contributed by atoms with Gasteiger partial charge in [-0.15, -0.1) is 0 Å². The minimum Gasteiger partial charge on any atom is -0.334 e. The molecule has 0 aromatic carbocycles. The number of likely N-dealkylation sites (tertiary alicyclic amines) is 1. The predicted octanol–water partition coefficient (Wildman–Crippen LogP) is 2.65. The average Bonchev–Trinajstić information content (AvgIpc) is 2.76. The first kappa shape index (κ1) is 15.8. The normalized spacial score (nSPS) is 29.6. The van der Waals surface area contributed by atoms with Gasteiger partial charge in [0.05, 0.1) is 5.25 Å². The Morgan fingerprint density at radius 3 is 2.40 bits per heavy atom. The van der Waals surface area contributed by atoms with E-state index in [1.807, 2.05) is 11.8 Å². The molecule has 116 valence electrons. The molecule has 1 aliphatic carbocycles. The second-order valence-electron chi connectivity index (χ2n) is 5.95. The average molecular weight is 300 g/mol. The van der Waals surface area contributed by atoms with Gasteiger partial charge in [0, 0.05) is 35.7 Å². The van der Waals surface area contributed by atoms with E-state index in [1.165, 1.54) is 12.8 Å². The van der Waals surface area contributed by atoms with E-state index in [-0.39, 0.29) is 17.3 Å². The van der Waals surface area contributed by atoms with E-state index in [1.54, 1.807) is 0 Å². The number of amides is 2.